The van der Waals surface area contributed by atoms with Gasteiger partial charge in [-0.1, -0.05) is 6.92 Å². The molecule has 8 nitrogen and oxygen atoms in total. The molecule has 1 aliphatic rings. The van der Waals surface area contributed by atoms with Crippen LogP contribution < -0.4 is 10.2 Å². The van der Waals surface area contributed by atoms with Crippen LogP contribution in [-0.4, -0.2) is 66.4 Å². The second kappa shape index (κ2) is 8.93. The molecule has 0 aliphatic carbocycles. The fraction of sp³-hybridized carbons (Fsp3) is 0.550. The Morgan fingerprint density at radius 3 is 2.11 bits per heavy atom. The fourth-order valence-corrected chi connectivity index (χ4v) is 4.00. The van der Waals surface area contributed by atoms with Gasteiger partial charge >= 0.3 is 19.2 Å². The number of ether oxygens (including phenoxy) is 1. The number of alkyl halides is 5. The van der Waals surface area contributed by atoms with Gasteiger partial charge in [0, 0.05) is 17.7 Å². The van der Waals surface area contributed by atoms with Gasteiger partial charge in [-0.15, -0.1) is 10.2 Å². The molecule has 2 aromatic rings. The van der Waals surface area contributed by atoms with Crippen LogP contribution >= 0.6 is 0 Å². The maximum Gasteiger partial charge on any atom is 0.496 e. The minimum Gasteiger partial charge on any atom is -0.470 e. The predicted molar refractivity (Wildman–Crippen MR) is 115 cm³/mol. The molecule has 0 atom stereocenters. The van der Waals surface area contributed by atoms with E-state index < -0.39 is 52.7 Å². The molecule has 3 heterocycles. The van der Waals surface area contributed by atoms with Gasteiger partial charge in [0.05, 0.1) is 21.9 Å². The SMILES string of the molecule is CCS(=O)(=O)c1cc(B2OC(C)(C)C(C)(C)O2)cnc1-c1ccc(OCC(F)(F)C(F)(F)F)nn1. The number of hydrogen-bond donors (Lipinski definition) is 0. The van der Waals surface area contributed by atoms with Crippen molar-refractivity contribution in [3.05, 3.63) is 24.4 Å². The molecular formula is C20H23BF5N3O5S. The molecule has 192 valence electrons. The van der Waals surface area contributed by atoms with Gasteiger partial charge in [-0.2, -0.15) is 22.0 Å². The second-order valence-corrected chi connectivity index (χ2v) is 11.1. The smallest absolute Gasteiger partial charge is 0.470 e. The number of hydrogen-bond acceptors (Lipinski definition) is 8. The molecule has 0 radical (unpaired) electrons. The lowest BCUT2D eigenvalue weighted by Crippen LogP contribution is -2.41. The van der Waals surface area contributed by atoms with E-state index in [1.54, 1.807) is 0 Å². The van der Waals surface area contributed by atoms with Gasteiger partial charge in [0.15, 0.2) is 16.4 Å². The van der Waals surface area contributed by atoms with Crippen LogP contribution in [0.15, 0.2) is 29.3 Å². The van der Waals surface area contributed by atoms with E-state index >= 15 is 0 Å². The molecule has 1 fully saturated rings. The third-order valence-electron chi connectivity index (χ3n) is 5.81. The molecule has 0 N–H and O–H groups in total. The van der Waals surface area contributed by atoms with Gasteiger partial charge in [0.1, 0.15) is 11.4 Å². The van der Waals surface area contributed by atoms with Crippen molar-refractivity contribution in [3.63, 3.8) is 0 Å². The van der Waals surface area contributed by atoms with Crippen molar-refractivity contribution in [1.82, 2.24) is 15.2 Å². The van der Waals surface area contributed by atoms with Gasteiger partial charge < -0.3 is 14.0 Å². The van der Waals surface area contributed by atoms with Crippen LogP contribution in [0, 0.1) is 0 Å². The first-order valence-corrected chi connectivity index (χ1v) is 12.1. The monoisotopic (exact) mass is 523 g/mol. The van der Waals surface area contributed by atoms with Crippen LogP contribution in [0.1, 0.15) is 34.6 Å². The Morgan fingerprint density at radius 2 is 1.63 bits per heavy atom. The Kier molecular flexibility index (Phi) is 6.94. The van der Waals surface area contributed by atoms with E-state index in [1.165, 1.54) is 19.2 Å². The minimum atomic E-state index is -5.79. The zero-order valence-corrected chi connectivity index (χ0v) is 20.3. The lowest BCUT2D eigenvalue weighted by atomic mass is 9.80. The van der Waals surface area contributed by atoms with Gasteiger partial charge in [-0.3, -0.25) is 4.98 Å². The van der Waals surface area contributed by atoms with Crippen molar-refractivity contribution in [2.45, 2.75) is 62.8 Å². The number of pyridine rings is 1. The molecule has 2 aromatic heterocycles. The molecule has 1 saturated heterocycles. The molecule has 0 spiro atoms. The summed E-state index contributed by atoms with van der Waals surface area (Å²) in [4.78, 5) is 4.00. The molecule has 0 aromatic carbocycles. The number of sulfone groups is 1. The van der Waals surface area contributed by atoms with Gasteiger partial charge in [0.25, 0.3) is 0 Å². The first-order chi connectivity index (χ1) is 15.9. The van der Waals surface area contributed by atoms with Gasteiger partial charge in [0.2, 0.25) is 5.88 Å². The largest absolute Gasteiger partial charge is 0.496 e. The van der Waals surface area contributed by atoms with Crippen molar-refractivity contribution in [3.8, 4) is 17.3 Å². The van der Waals surface area contributed by atoms with Crippen LogP contribution in [0.3, 0.4) is 0 Å². The molecule has 3 rings (SSSR count). The van der Waals surface area contributed by atoms with Gasteiger partial charge in [-0.05, 0) is 39.8 Å². The van der Waals surface area contributed by atoms with E-state index in [0.717, 1.165) is 12.1 Å². The van der Waals surface area contributed by atoms with Crippen molar-refractivity contribution in [1.29, 1.82) is 0 Å². The maximum absolute atomic E-state index is 13.1. The highest BCUT2D eigenvalue weighted by molar-refractivity contribution is 7.91. The molecule has 35 heavy (non-hydrogen) atoms. The highest BCUT2D eigenvalue weighted by Gasteiger charge is 2.58. The third kappa shape index (κ3) is 5.41. The Morgan fingerprint density at radius 1 is 1.03 bits per heavy atom. The van der Waals surface area contributed by atoms with E-state index in [4.69, 9.17) is 9.31 Å². The van der Waals surface area contributed by atoms with Crippen LogP contribution in [0.4, 0.5) is 22.0 Å². The predicted octanol–water partition coefficient (Wildman–Crippen LogP) is 3.21. The summed E-state index contributed by atoms with van der Waals surface area (Å²) in [6, 6.07) is 3.49. The summed E-state index contributed by atoms with van der Waals surface area (Å²) >= 11 is 0. The Labute approximate surface area is 199 Å². The Balaban J connectivity index is 1.92. The van der Waals surface area contributed by atoms with Crippen LogP contribution in [0.25, 0.3) is 11.4 Å². The van der Waals surface area contributed by atoms with E-state index in [2.05, 4.69) is 19.9 Å². The van der Waals surface area contributed by atoms with E-state index in [9.17, 15) is 30.4 Å². The van der Waals surface area contributed by atoms with E-state index in [-0.39, 0.29) is 22.0 Å². The topological polar surface area (TPSA) is 101 Å². The second-order valence-electron chi connectivity index (χ2n) is 8.85. The lowest BCUT2D eigenvalue weighted by Gasteiger charge is -2.32. The quantitative estimate of drug-likeness (QED) is 0.403. The highest BCUT2D eigenvalue weighted by atomic mass is 32.2. The highest BCUT2D eigenvalue weighted by Crippen LogP contribution is 2.37. The van der Waals surface area contributed by atoms with Crippen molar-refractivity contribution >= 4 is 22.4 Å². The molecule has 15 heteroatoms. The van der Waals surface area contributed by atoms with Crippen LogP contribution in [0.5, 0.6) is 5.88 Å². The number of rotatable bonds is 7. The summed E-state index contributed by atoms with van der Waals surface area (Å²) in [7, 11) is -4.72. The minimum absolute atomic E-state index is 0.0626. The summed E-state index contributed by atoms with van der Waals surface area (Å²) < 4.78 is 105. The molecule has 1 aliphatic heterocycles. The van der Waals surface area contributed by atoms with Crippen molar-refractivity contribution < 1.29 is 44.4 Å². The van der Waals surface area contributed by atoms with Crippen molar-refractivity contribution in [2.75, 3.05) is 12.4 Å². The average Bonchev–Trinajstić information content (AvgIpc) is 2.98. The first-order valence-electron chi connectivity index (χ1n) is 10.4. The zero-order valence-electron chi connectivity index (χ0n) is 19.5. The van der Waals surface area contributed by atoms with E-state index in [0.29, 0.717) is 5.46 Å². The zero-order chi connectivity index (χ0) is 26.4. The average molecular weight is 523 g/mol. The van der Waals surface area contributed by atoms with E-state index in [1.807, 2.05) is 27.7 Å². The summed E-state index contributed by atoms with van der Waals surface area (Å²) in [5.74, 6) is -5.96. The lowest BCUT2D eigenvalue weighted by molar-refractivity contribution is -0.290. The van der Waals surface area contributed by atoms with Gasteiger partial charge in [-0.25, -0.2) is 8.42 Å². The molecule has 0 unspecified atom stereocenters. The molecule has 0 amide bonds. The van der Waals surface area contributed by atoms with Crippen LogP contribution in [0.2, 0.25) is 0 Å². The normalized spacial score (nSPS) is 18.1. The van der Waals surface area contributed by atoms with Crippen molar-refractivity contribution in [2.24, 2.45) is 0 Å². The molecule has 0 saturated carbocycles. The Hall–Kier alpha value is -2.39. The number of aromatic nitrogens is 3. The first kappa shape index (κ1) is 27.2. The summed E-state index contributed by atoms with van der Waals surface area (Å²) in [5.41, 5.74) is -1.16. The summed E-state index contributed by atoms with van der Waals surface area (Å²) in [6.45, 7) is 6.79. The Bertz CT molecular complexity index is 1170. The van der Waals surface area contributed by atoms with Crippen LogP contribution in [-0.2, 0) is 19.1 Å². The molecule has 0 bridgehead atoms. The maximum atomic E-state index is 13.1. The summed E-state index contributed by atoms with van der Waals surface area (Å²) in [6.07, 6.45) is -4.44. The molecular weight excluding hydrogens is 500 g/mol. The third-order valence-corrected chi connectivity index (χ3v) is 7.55. The summed E-state index contributed by atoms with van der Waals surface area (Å²) in [5, 5.41) is 7.17. The number of nitrogens with zero attached hydrogens (tertiary/aromatic N) is 3. The number of halogens is 5. The fourth-order valence-electron chi connectivity index (χ4n) is 2.92. The standard InChI is InChI=1S/C20H23BF5N3O5S/c1-6-35(30,31)14-9-12(21-33-17(2,3)18(4,5)34-21)10-27-16(14)13-7-8-15(29-28-13)32-11-19(22,23)20(24,25)26/h7-10H,6,11H2,1-5H3.